The number of pyridine rings is 1. The minimum atomic E-state index is -5.08. The second-order valence-corrected chi connectivity index (χ2v) is 10.2. The van der Waals surface area contributed by atoms with Gasteiger partial charge < -0.3 is 36.4 Å². The van der Waals surface area contributed by atoms with Gasteiger partial charge >= 0.3 is 18.2 Å². The van der Waals surface area contributed by atoms with Gasteiger partial charge in [0.15, 0.2) is 0 Å². The summed E-state index contributed by atoms with van der Waals surface area (Å²) in [4.78, 5) is 40.7. The molecule has 46 heavy (non-hydrogen) atoms. The van der Waals surface area contributed by atoms with Gasteiger partial charge in [-0.25, -0.2) is 14.6 Å². The van der Waals surface area contributed by atoms with Gasteiger partial charge in [0.1, 0.15) is 17.6 Å². The lowest BCUT2D eigenvalue weighted by atomic mass is 10.0. The normalized spacial score (nSPS) is 13.0. The number of nitrogens with two attached hydrogens (primary N) is 1. The summed E-state index contributed by atoms with van der Waals surface area (Å²) in [6.45, 7) is 4.31. The van der Waals surface area contributed by atoms with Crippen LogP contribution >= 0.6 is 0 Å². The molecule has 1 atom stereocenters. The molecule has 1 unspecified atom stereocenters. The number of nitrogen functional groups attached to an aromatic ring is 1. The number of rotatable bonds is 9. The number of amides is 3. The number of ether oxygens (including phenoxy) is 1. The topological polar surface area (TPSA) is 159 Å². The highest BCUT2D eigenvalue weighted by atomic mass is 19.4. The van der Waals surface area contributed by atoms with Crippen LogP contribution in [0.4, 0.5) is 35.2 Å². The van der Waals surface area contributed by atoms with E-state index in [1.54, 1.807) is 11.1 Å². The molecule has 1 aromatic heterocycles. The van der Waals surface area contributed by atoms with E-state index in [9.17, 15) is 22.8 Å². The average Bonchev–Trinajstić information content (AvgIpc) is 2.98. The Bertz CT molecular complexity index is 1700. The number of carbonyl (C=O) groups excluding carboxylic acids is 2. The van der Waals surface area contributed by atoms with Crippen molar-refractivity contribution in [1.82, 2.24) is 15.2 Å². The highest BCUT2D eigenvalue weighted by Crippen LogP contribution is 2.28. The average molecular weight is 639 g/mol. The number of aromatic nitrogens is 1. The molecule has 11 nitrogen and oxygen atoms in total. The van der Waals surface area contributed by atoms with Crippen LogP contribution in [0.1, 0.15) is 30.5 Å². The number of urea groups is 1. The van der Waals surface area contributed by atoms with Gasteiger partial charge in [-0.2, -0.15) is 13.2 Å². The lowest BCUT2D eigenvalue weighted by molar-refractivity contribution is -0.192. The Kier molecular flexibility index (Phi) is 10.9. The van der Waals surface area contributed by atoms with E-state index in [1.165, 1.54) is 0 Å². The molecule has 1 fully saturated rings. The van der Waals surface area contributed by atoms with Crippen molar-refractivity contribution in [3.63, 3.8) is 0 Å². The molecule has 1 aliphatic heterocycles. The van der Waals surface area contributed by atoms with Crippen LogP contribution in [0.3, 0.4) is 0 Å². The first-order chi connectivity index (χ1) is 21.9. The van der Waals surface area contributed by atoms with E-state index < -0.39 is 18.2 Å². The molecule has 0 saturated carbocycles. The number of anilines is 3. The number of carboxylic acids is 1. The lowest BCUT2D eigenvalue weighted by Crippen LogP contribution is -2.44. The van der Waals surface area contributed by atoms with Crippen molar-refractivity contribution in [2.24, 2.45) is 0 Å². The second kappa shape index (κ2) is 15.0. The Hall–Kier alpha value is -5.53. The maximum atomic E-state index is 13.6. The fourth-order valence-electron chi connectivity index (χ4n) is 4.48. The number of fused-ring (bicyclic) bond motifs is 1. The number of nitrogens with zero attached hydrogens (tertiary/aromatic N) is 2. The molecule has 4 aromatic rings. The van der Waals surface area contributed by atoms with Crippen molar-refractivity contribution in [2.45, 2.75) is 32.1 Å². The van der Waals surface area contributed by atoms with Crippen molar-refractivity contribution < 1.29 is 37.4 Å². The Morgan fingerprint density at radius 3 is 2.43 bits per heavy atom. The number of halogens is 3. The first kappa shape index (κ1) is 33.4. The zero-order valence-corrected chi connectivity index (χ0v) is 24.8. The van der Waals surface area contributed by atoms with Crippen LogP contribution in [0, 0.1) is 0 Å². The van der Waals surface area contributed by atoms with Crippen LogP contribution in [-0.4, -0.2) is 58.8 Å². The molecule has 1 aliphatic rings. The van der Waals surface area contributed by atoms with Gasteiger partial charge in [-0.3, -0.25) is 4.79 Å². The number of hydrogen-bond donors (Lipinski definition) is 5. The van der Waals surface area contributed by atoms with E-state index in [-0.39, 0.29) is 11.9 Å². The van der Waals surface area contributed by atoms with Gasteiger partial charge in [-0.15, -0.1) is 0 Å². The zero-order valence-electron chi connectivity index (χ0n) is 24.8. The maximum absolute atomic E-state index is 13.6. The molecular weight excluding hydrogens is 605 g/mol. The van der Waals surface area contributed by atoms with E-state index >= 15 is 0 Å². The summed E-state index contributed by atoms with van der Waals surface area (Å²) >= 11 is 0. The Balaban J connectivity index is 0.000000617. The van der Waals surface area contributed by atoms with E-state index in [0.717, 1.165) is 47.1 Å². The summed E-state index contributed by atoms with van der Waals surface area (Å²) in [7, 11) is 0. The minimum absolute atomic E-state index is 0.103. The third-order valence-electron chi connectivity index (χ3n) is 6.90. The molecule has 5 rings (SSSR count). The van der Waals surface area contributed by atoms with Crippen LogP contribution < -0.4 is 26.4 Å². The van der Waals surface area contributed by atoms with E-state index in [0.29, 0.717) is 30.4 Å². The molecule has 3 amide bonds. The fraction of sp³-hybridized carbons (Fsp3) is 0.250. The summed E-state index contributed by atoms with van der Waals surface area (Å²) in [5, 5.41) is 18.3. The molecule has 0 spiro atoms. The first-order valence-electron chi connectivity index (χ1n) is 14.3. The molecule has 14 heteroatoms. The number of nitrogens with one attached hydrogen (secondary N) is 3. The quantitative estimate of drug-likeness (QED) is 0.160. The number of hydrogen-bond acceptors (Lipinski definition) is 7. The van der Waals surface area contributed by atoms with Crippen molar-refractivity contribution in [1.29, 1.82) is 0 Å². The van der Waals surface area contributed by atoms with Crippen LogP contribution in [0.15, 0.2) is 79.0 Å². The zero-order chi connectivity index (χ0) is 33.3. The Morgan fingerprint density at radius 2 is 1.76 bits per heavy atom. The minimum Gasteiger partial charge on any atom is -0.494 e. The Labute approximate surface area is 262 Å². The molecule has 0 bridgehead atoms. The summed E-state index contributed by atoms with van der Waals surface area (Å²) in [6, 6.07) is 21.8. The number of carboxylic acid groups (broad SMARTS) is 1. The number of benzene rings is 3. The standard InChI is InChI=1S/C30H32N6O3.C2HF3O2/c1-2-39-25-9-4-7-22(18-25)27(34-24-10-11-26-21(17-24)12-13-32-28(26)31)29(37)33-19-20-6-3-8-23(16-20)35-30(38)36-14-5-15-36;3-2(4,5)1(6)7/h3-4,6-13,16-18,27,34H,2,5,14-15,19H2,1H3,(H2,31,32)(H,33,37)(H,35,38);(H,6,7). The van der Waals surface area contributed by atoms with Gasteiger partial charge in [-0.1, -0.05) is 24.3 Å². The Morgan fingerprint density at radius 1 is 1.02 bits per heavy atom. The SMILES string of the molecule is CCOc1cccc(C(Nc2ccc3c(N)nccc3c2)C(=O)NCc2cccc(NC(=O)N3CCC3)c2)c1.O=C(O)C(F)(F)F. The van der Waals surface area contributed by atoms with Gasteiger partial charge in [-0.05, 0) is 78.4 Å². The summed E-state index contributed by atoms with van der Waals surface area (Å²) in [5.41, 5.74) is 9.12. The molecule has 2 heterocycles. The third kappa shape index (κ3) is 9.00. The molecule has 0 radical (unpaired) electrons. The van der Waals surface area contributed by atoms with Crippen LogP contribution in [0.25, 0.3) is 10.8 Å². The fourth-order valence-corrected chi connectivity index (χ4v) is 4.48. The van der Waals surface area contributed by atoms with Crippen molar-refractivity contribution in [3.8, 4) is 5.75 Å². The van der Waals surface area contributed by atoms with Gasteiger partial charge in [0, 0.05) is 42.6 Å². The number of carbonyl (C=O) groups is 3. The van der Waals surface area contributed by atoms with E-state index in [1.807, 2.05) is 79.7 Å². The summed E-state index contributed by atoms with van der Waals surface area (Å²) in [6.07, 6.45) is -2.38. The molecule has 0 aliphatic carbocycles. The summed E-state index contributed by atoms with van der Waals surface area (Å²) in [5.74, 6) is -1.81. The van der Waals surface area contributed by atoms with Gasteiger partial charge in [0.2, 0.25) is 5.91 Å². The second-order valence-electron chi connectivity index (χ2n) is 10.2. The molecule has 1 saturated heterocycles. The molecular formula is C32H33F3N6O5. The van der Waals surface area contributed by atoms with Crippen LogP contribution in [-0.2, 0) is 16.1 Å². The lowest BCUT2D eigenvalue weighted by Gasteiger charge is -2.30. The monoisotopic (exact) mass is 638 g/mol. The molecule has 242 valence electrons. The predicted octanol–water partition coefficient (Wildman–Crippen LogP) is 5.56. The number of likely N-dealkylation sites (tertiary alicyclic amines) is 1. The molecule has 3 aromatic carbocycles. The van der Waals surface area contributed by atoms with Gasteiger partial charge in [0.25, 0.3) is 0 Å². The van der Waals surface area contributed by atoms with Crippen LogP contribution in [0.2, 0.25) is 0 Å². The first-order valence-corrected chi connectivity index (χ1v) is 14.3. The van der Waals surface area contributed by atoms with Crippen molar-refractivity contribution in [3.05, 3.63) is 90.1 Å². The third-order valence-corrected chi connectivity index (χ3v) is 6.90. The van der Waals surface area contributed by atoms with E-state index in [4.69, 9.17) is 20.4 Å². The highest BCUT2D eigenvalue weighted by Gasteiger charge is 2.38. The molecule has 6 N–H and O–H groups in total. The summed E-state index contributed by atoms with van der Waals surface area (Å²) < 4.78 is 37.4. The van der Waals surface area contributed by atoms with E-state index in [2.05, 4.69) is 20.9 Å². The maximum Gasteiger partial charge on any atom is 0.490 e. The van der Waals surface area contributed by atoms with Gasteiger partial charge in [0.05, 0.1) is 6.61 Å². The smallest absolute Gasteiger partial charge is 0.490 e. The largest absolute Gasteiger partial charge is 0.494 e. The number of aliphatic carboxylic acids is 1. The van der Waals surface area contributed by atoms with Crippen molar-refractivity contribution in [2.75, 3.05) is 36.1 Å². The predicted molar refractivity (Wildman–Crippen MR) is 167 cm³/mol. The van der Waals surface area contributed by atoms with Crippen LogP contribution in [0.5, 0.6) is 5.75 Å². The number of alkyl halides is 3. The highest BCUT2D eigenvalue weighted by molar-refractivity contribution is 5.94. The van der Waals surface area contributed by atoms with Crippen molar-refractivity contribution >= 4 is 45.9 Å².